The zero-order chi connectivity index (χ0) is 16.8. The van der Waals surface area contributed by atoms with E-state index in [1.165, 1.54) is 0 Å². The van der Waals surface area contributed by atoms with Crippen molar-refractivity contribution in [3.8, 4) is 0 Å². The van der Waals surface area contributed by atoms with Crippen molar-refractivity contribution in [2.24, 2.45) is 0 Å². The molecular formula is C17H25N5O2. The van der Waals surface area contributed by atoms with Gasteiger partial charge < -0.3 is 15.1 Å². The lowest BCUT2D eigenvalue weighted by atomic mass is 10.3. The van der Waals surface area contributed by atoms with Gasteiger partial charge in [0.25, 0.3) is 0 Å². The van der Waals surface area contributed by atoms with Gasteiger partial charge in [-0.3, -0.25) is 14.7 Å². The number of aromatic nitrogens is 1. The molecule has 0 atom stereocenters. The second-order valence-corrected chi connectivity index (χ2v) is 6.38. The summed E-state index contributed by atoms with van der Waals surface area (Å²) in [6, 6.07) is 3.52. The third-order valence-corrected chi connectivity index (χ3v) is 4.61. The first-order chi connectivity index (χ1) is 11.7. The smallest absolute Gasteiger partial charge is 0.321 e. The highest BCUT2D eigenvalue weighted by atomic mass is 16.2. The van der Waals surface area contributed by atoms with Crippen LogP contribution in [0.5, 0.6) is 0 Å². The summed E-state index contributed by atoms with van der Waals surface area (Å²) in [6.07, 6.45) is 6.43. The van der Waals surface area contributed by atoms with Gasteiger partial charge in [-0.15, -0.1) is 0 Å². The van der Waals surface area contributed by atoms with Crippen LogP contribution in [-0.2, 0) is 4.79 Å². The standard InChI is InChI=1S/C17H25N5O2/c23-16(21-8-1-2-9-21)14-20-7-4-10-22(12-11-20)17(24)19-15-5-3-6-18-13-15/h3,5-6,13H,1-2,4,7-12,14H2,(H,19,24). The van der Waals surface area contributed by atoms with Crippen molar-refractivity contribution in [1.29, 1.82) is 0 Å². The van der Waals surface area contributed by atoms with Gasteiger partial charge in [0.2, 0.25) is 5.91 Å². The van der Waals surface area contributed by atoms with Gasteiger partial charge in [0.05, 0.1) is 18.4 Å². The average molecular weight is 331 g/mol. The highest BCUT2D eigenvalue weighted by Crippen LogP contribution is 2.11. The Morgan fingerprint density at radius 3 is 2.54 bits per heavy atom. The second kappa shape index (κ2) is 8.10. The summed E-state index contributed by atoms with van der Waals surface area (Å²) in [7, 11) is 0. The Morgan fingerprint density at radius 1 is 1.00 bits per heavy atom. The quantitative estimate of drug-likeness (QED) is 0.905. The van der Waals surface area contributed by atoms with E-state index in [2.05, 4.69) is 15.2 Å². The van der Waals surface area contributed by atoms with Gasteiger partial charge in [0.1, 0.15) is 0 Å². The lowest BCUT2D eigenvalue weighted by Gasteiger charge is -2.24. The maximum Gasteiger partial charge on any atom is 0.321 e. The monoisotopic (exact) mass is 331 g/mol. The zero-order valence-corrected chi connectivity index (χ0v) is 14.0. The minimum Gasteiger partial charge on any atom is -0.342 e. The van der Waals surface area contributed by atoms with Crippen molar-refractivity contribution in [1.82, 2.24) is 19.7 Å². The summed E-state index contributed by atoms with van der Waals surface area (Å²) in [4.78, 5) is 34.6. The van der Waals surface area contributed by atoms with Crippen LogP contribution in [0.25, 0.3) is 0 Å². The molecule has 1 aromatic rings. The molecule has 130 valence electrons. The molecule has 0 aliphatic carbocycles. The number of urea groups is 1. The molecule has 0 radical (unpaired) electrons. The van der Waals surface area contributed by atoms with Crippen LogP contribution < -0.4 is 5.32 Å². The lowest BCUT2D eigenvalue weighted by molar-refractivity contribution is -0.131. The fourth-order valence-electron chi connectivity index (χ4n) is 3.23. The van der Waals surface area contributed by atoms with Crippen LogP contribution in [0, 0.1) is 0 Å². The van der Waals surface area contributed by atoms with Gasteiger partial charge in [-0.25, -0.2) is 4.79 Å². The SMILES string of the molecule is O=C(CN1CCCN(C(=O)Nc2cccnc2)CC1)N1CCCC1. The molecule has 2 aliphatic heterocycles. The fourth-order valence-corrected chi connectivity index (χ4v) is 3.23. The van der Waals surface area contributed by atoms with E-state index in [0.717, 1.165) is 45.4 Å². The molecule has 0 saturated carbocycles. The number of carbonyl (C=O) groups excluding carboxylic acids is 2. The summed E-state index contributed by atoms with van der Waals surface area (Å²) in [5, 5.41) is 2.87. The number of likely N-dealkylation sites (tertiary alicyclic amines) is 1. The molecule has 3 amide bonds. The summed E-state index contributed by atoms with van der Waals surface area (Å²) >= 11 is 0. The van der Waals surface area contributed by atoms with Crippen LogP contribution in [0.2, 0.25) is 0 Å². The summed E-state index contributed by atoms with van der Waals surface area (Å²) in [5.74, 6) is 0.223. The minimum atomic E-state index is -0.101. The van der Waals surface area contributed by atoms with Gasteiger partial charge >= 0.3 is 6.03 Å². The molecule has 2 saturated heterocycles. The van der Waals surface area contributed by atoms with E-state index < -0.39 is 0 Å². The highest BCUT2D eigenvalue weighted by molar-refractivity contribution is 5.89. The predicted octanol–water partition coefficient (Wildman–Crippen LogP) is 1.24. The lowest BCUT2D eigenvalue weighted by Crippen LogP contribution is -2.41. The van der Waals surface area contributed by atoms with Crippen LogP contribution in [0.4, 0.5) is 10.5 Å². The molecule has 7 heteroatoms. The Kier molecular flexibility index (Phi) is 5.63. The normalized spacial score (nSPS) is 19.2. The van der Waals surface area contributed by atoms with Crippen LogP contribution in [-0.4, -0.2) is 77.4 Å². The van der Waals surface area contributed by atoms with Gasteiger partial charge in [0.15, 0.2) is 0 Å². The number of anilines is 1. The van der Waals surface area contributed by atoms with E-state index in [1.807, 2.05) is 15.9 Å². The Balaban J connectivity index is 1.47. The predicted molar refractivity (Wildman–Crippen MR) is 91.7 cm³/mol. The third kappa shape index (κ3) is 4.44. The third-order valence-electron chi connectivity index (χ3n) is 4.61. The van der Waals surface area contributed by atoms with E-state index in [9.17, 15) is 9.59 Å². The summed E-state index contributed by atoms with van der Waals surface area (Å²) in [5.41, 5.74) is 0.702. The van der Waals surface area contributed by atoms with Gasteiger partial charge in [-0.1, -0.05) is 0 Å². The molecule has 7 nitrogen and oxygen atoms in total. The number of hydrogen-bond acceptors (Lipinski definition) is 4. The van der Waals surface area contributed by atoms with E-state index in [-0.39, 0.29) is 11.9 Å². The number of rotatable bonds is 3. The maximum absolute atomic E-state index is 12.4. The molecule has 0 spiro atoms. The average Bonchev–Trinajstić information content (AvgIpc) is 3.03. The second-order valence-electron chi connectivity index (χ2n) is 6.38. The van der Waals surface area contributed by atoms with Gasteiger partial charge in [-0.05, 0) is 31.4 Å². The molecule has 24 heavy (non-hydrogen) atoms. The van der Waals surface area contributed by atoms with Crippen molar-refractivity contribution in [3.05, 3.63) is 24.5 Å². The molecule has 0 unspecified atom stereocenters. The van der Waals surface area contributed by atoms with E-state index in [0.29, 0.717) is 25.3 Å². The van der Waals surface area contributed by atoms with Crippen molar-refractivity contribution in [2.45, 2.75) is 19.3 Å². The first-order valence-corrected chi connectivity index (χ1v) is 8.68. The maximum atomic E-state index is 12.4. The molecule has 3 rings (SSSR count). The van der Waals surface area contributed by atoms with Crippen molar-refractivity contribution < 1.29 is 9.59 Å². The Hall–Kier alpha value is -2.15. The zero-order valence-electron chi connectivity index (χ0n) is 14.0. The number of nitrogens with one attached hydrogen (secondary N) is 1. The van der Waals surface area contributed by atoms with Crippen LogP contribution in [0.1, 0.15) is 19.3 Å². The number of amides is 3. The fraction of sp³-hybridized carbons (Fsp3) is 0.588. The number of carbonyl (C=O) groups is 2. The van der Waals surface area contributed by atoms with Crippen molar-refractivity contribution in [2.75, 3.05) is 51.1 Å². The van der Waals surface area contributed by atoms with Crippen LogP contribution in [0.15, 0.2) is 24.5 Å². The molecule has 2 aliphatic rings. The largest absolute Gasteiger partial charge is 0.342 e. The summed E-state index contributed by atoms with van der Waals surface area (Å²) in [6.45, 7) is 5.20. The van der Waals surface area contributed by atoms with E-state index in [4.69, 9.17) is 0 Å². The molecule has 2 fully saturated rings. The Morgan fingerprint density at radius 2 is 1.79 bits per heavy atom. The molecule has 3 heterocycles. The van der Waals surface area contributed by atoms with Crippen LogP contribution in [0.3, 0.4) is 0 Å². The molecular weight excluding hydrogens is 306 g/mol. The molecule has 0 bridgehead atoms. The van der Waals surface area contributed by atoms with Gasteiger partial charge in [-0.2, -0.15) is 0 Å². The van der Waals surface area contributed by atoms with E-state index in [1.54, 1.807) is 18.5 Å². The minimum absolute atomic E-state index is 0.101. The number of nitrogens with zero attached hydrogens (tertiary/aromatic N) is 4. The van der Waals surface area contributed by atoms with Gasteiger partial charge in [0, 0.05) is 45.5 Å². The van der Waals surface area contributed by atoms with E-state index >= 15 is 0 Å². The Labute approximate surface area is 142 Å². The summed E-state index contributed by atoms with van der Waals surface area (Å²) < 4.78 is 0. The molecule has 0 aromatic carbocycles. The highest BCUT2D eigenvalue weighted by Gasteiger charge is 2.23. The number of pyridine rings is 1. The van der Waals surface area contributed by atoms with Crippen molar-refractivity contribution in [3.63, 3.8) is 0 Å². The first kappa shape index (κ1) is 16.7. The van der Waals surface area contributed by atoms with Crippen LogP contribution >= 0.6 is 0 Å². The molecule has 1 aromatic heterocycles. The first-order valence-electron chi connectivity index (χ1n) is 8.68. The Bertz CT molecular complexity index is 559. The topological polar surface area (TPSA) is 68.8 Å². The van der Waals surface area contributed by atoms with Crippen molar-refractivity contribution >= 4 is 17.6 Å². The number of hydrogen-bond donors (Lipinski definition) is 1. The molecule has 1 N–H and O–H groups in total.